The van der Waals surface area contributed by atoms with Gasteiger partial charge in [0.2, 0.25) is 0 Å². The Morgan fingerprint density at radius 2 is 1.29 bits per heavy atom. The lowest BCUT2D eigenvalue weighted by molar-refractivity contribution is 0.0697. The number of nitrogen functional groups attached to an aromatic ring is 2. The molecule has 0 aliphatic rings. The van der Waals surface area contributed by atoms with Gasteiger partial charge < -0.3 is 16.6 Å². The van der Waals surface area contributed by atoms with Crippen LogP contribution in [0.15, 0.2) is 54.6 Å². The fourth-order valence-electron chi connectivity index (χ4n) is 1.08. The highest BCUT2D eigenvalue weighted by Crippen LogP contribution is 2.04. The Balaban J connectivity index is 0.000000181. The molecule has 0 spiro atoms. The summed E-state index contributed by atoms with van der Waals surface area (Å²) in [6.45, 7) is 0. The average molecular weight is 230 g/mol. The topological polar surface area (TPSA) is 89.3 Å². The number of nitrogens with two attached hydrogens (primary N) is 2. The zero-order valence-corrected chi connectivity index (χ0v) is 9.21. The maximum atomic E-state index is 10.3. The molecule has 4 heteroatoms. The van der Waals surface area contributed by atoms with Crippen LogP contribution in [0, 0.1) is 0 Å². The molecule has 4 nitrogen and oxygen atoms in total. The molecule has 0 saturated carbocycles. The Kier molecular flexibility index (Phi) is 4.57. The standard InChI is InChI=1S/C7H7NO2.C6H7N/c8-6-3-1-5(2-4-6)7(9)10;7-6-4-2-1-3-5-6/h1-4H,8H2,(H,9,10);1-5H,7H2. The lowest BCUT2D eigenvalue weighted by Crippen LogP contribution is -1.95. The Morgan fingerprint density at radius 1 is 0.824 bits per heavy atom. The van der Waals surface area contributed by atoms with E-state index in [0.717, 1.165) is 5.69 Å². The fourth-order valence-corrected chi connectivity index (χ4v) is 1.08. The van der Waals surface area contributed by atoms with Gasteiger partial charge in [-0.3, -0.25) is 0 Å². The molecule has 0 amide bonds. The number of carboxylic acid groups (broad SMARTS) is 1. The molecule has 88 valence electrons. The van der Waals surface area contributed by atoms with Crippen molar-refractivity contribution in [3.63, 3.8) is 0 Å². The third-order valence-electron chi connectivity index (χ3n) is 1.96. The maximum Gasteiger partial charge on any atom is 0.335 e. The lowest BCUT2D eigenvalue weighted by atomic mass is 10.2. The van der Waals surface area contributed by atoms with Gasteiger partial charge in [-0.2, -0.15) is 0 Å². The van der Waals surface area contributed by atoms with Gasteiger partial charge in [-0.1, -0.05) is 18.2 Å². The smallest absolute Gasteiger partial charge is 0.335 e. The number of hydrogen-bond donors (Lipinski definition) is 3. The Bertz CT molecular complexity index is 467. The second kappa shape index (κ2) is 6.17. The van der Waals surface area contributed by atoms with E-state index >= 15 is 0 Å². The van der Waals surface area contributed by atoms with Crippen molar-refractivity contribution in [2.45, 2.75) is 0 Å². The molecule has 0 heterocycles. The van der Waals surface area contributed by atoms with Crippen LogP contribution >= 0.6 is 0 Å². The minimum Gasteiger partial charge on any atom is -0.478 e. The van der Waals surface area contributed by atoms with Crippen molar-refractivity contribution in [2.24, 2.45) is 0 Å². The summed E-state index contributed by atoms with van der Waals surface area (Å²) in [6, 6.07) is 15.5. The normalized spacial score (nSPS) is 8.94. The minimum absolute atomic E-state index is 0.259. The van der Waals surface area contributed by atoms with Gasteiger partial charge in [0.1, 0.15) is 0 Å². The van der Waals surface area contributed by atoms with Crippen molar-refractivity contribution < 1.29 is 9.90 Å². The fraction of sp³-hybridized carbons (Fsp3) is 0. The van der Waals surface area contributed by atoms with Gasteiger partial charge in [-0.05, 0) is 36.4 Å². The number of hydrogen-bond acceptors (Lipinski definition) is 3. The first kappa shape index (κ1) is 12.6. The minimum atomic E-state index is -0.931. The van der Waals surface area contributed by atoms with Gasteiger partial charge in [-0.25, -0.2) is 4.79 Å². The van der Waals surface area contributed by atoms with E-state index in [2.05, 4.69) is 0 Å². The van der Waals surface area contributed by atoms with Crippen molar-refractivity contribution in [3.05, 3.63) is 60.2 Å². The van der Waals surface area contributed by atoms with E-state index in [1.807, 2.05) is 30.3 Å². The molecule has 2 rings (SSSR count). The van der Waals surface area contributed by atoms with Crippen LogP contribution in [0.4, 0.5) is 11.4 Å². The highest BCUT2D eigenvalue weighted by atomic mass is 16.4. The summed E-state index contributed by atoms with van der Waals surface area (Å²) in [7, 11) is 0. The molecule has 17 heavy (non-hydrogen) atoms. The Morgan fingerprint density at radius 3 is 1.65 bits per heavy atom. The molecular formula is C13H14N2O2. The van der Waals surface area contributed by atoms with Crippen molar-refractivity contribution >= 4 is 17.3 Å². The molecule has 0 aromatic heterocycles. The Labute approximate surface area is 99.5 Å². The SMILES string of the molecule is Nc1ccc(C(=O)O)cc1.Nc1ccccc1. The summed E-state index contributed by atoms with van der Waals surface area (Å²) < 4.78 is 0. The average Bonchev–Trinajstić information content (AvgIpc) is 2.31. The van der Waals surface area contributed by atoms with Gasteiger partial charge in [0.15, 0.2) is 0 Å². The molecule has 0 saturated heterocycles. The van der Waals surface area contributed by atoms with Crippen LogP contribution in [0.2, 0.25) is 0 Å². The number of benzene rings is 2. The molecule has 2 aromatic carbocycles. The molecule has 2 aromatic rings. The number of anilines is 2. The van der Waals surface area contributed by atoms with Gasteiger partial charge in [0.05, 0.1) is 5.56 Å². The third-order valence-corrected chi connectivity index (χ3v) is 1.96. The number of carbonyl (C=O) groups is 1. The van der Waals surface area contributed by atoms with Crippen LogP contribution in [0.3, 0.4) is 0 Å². The second-order valence-electron chi connectivity index (χ2n) is 3.34. The third kappa shape index (κ3) is 4.70. The van der Waals surface area contributed by atoms with Gasteiger partial charge in [-0.15, -0.1) is 0 Å². The van der Waals surface area contributed by atoms with E-state index in [9.17, 15) is 4.79 Å². The lowest BCUT2D eigenvalue weighted by Gasteiger charge is -1.93. The van der Waals surface area contributed by atoms with Gasteiger partial charge >= 0.3 is 5.97 Å². The summed E-state index contributed by atoms with van der Waals surface area (Å²) >= 11 is 0. The first-order valence-electron chi connectivity index (χ1n) is 4.99. The quantitative estimate of drug-likeness (QED) is 0.655. The van der Waals surface area contributed by atoms with E-state index < -0.39 is 5.97 Å². The first-order chi connectivity index (χ1) is 8.09. The number of carboxylic acids is 1. The zero-order chi connectivity index (χ0) is 12.7. The number of para-hydroxylation sites is 1. The predicted octanol–water partition coefficient (Wildman–Crippen LogP) is 2.24. The summed E-state index contributed by atoms with van der Waals surface area (Å²) in [5.41, 5.74) is 12.3. The number of rotatable bonds is 1. The van der Waals surface area contributed by atoms with Crippen LogP contribution in [0.25, 0.3) is 0 Å². The monoisotopic (exact) mass is 230 g/mol. The summed E-state index contributed by atoms with van der Waals surface area (Å²) in [4.78, 5) is 10.3. The van der Waals surface area contributed by atoms with Crippen molar-refractivity contribution in [1.29, 1.82) is 0 Å². The van der Waals surface area contributed by atoms with Gasteiger partial charge in [0.25, 0.3) is 0 Å². The summed E-state index contributed by atoms with van der Waals surface area (Å²) in [5, 5.41) is 8.43. The van der Waals surface area contributed by atoms with Crippen LogP contribution in [-0.4, -0.2) is 11.1 Å². The van der Waals surface area contributed by atoms with Crippen LogP contribution in [0.5, 0.6) is 0 Å². The summed E-state index contributed by atoms with van der Waals surface area (Å²) in [5.74, 6) is -0.931. The second-order valence-corrected chi connectivity index (χ2v) is 3.34. The first-order valence-corrected chi connectivity index (χ1v) is 4.99. The molecule has 0 fully saturated rings. The molecule has 0 aliphatic heterocycles. The van der Waals surface area contributed by atoms with Crippen LogP contribution in [0.1, 0.15) is 10.4 Å². The maximum absolute atomic E-state index is 10.3. The summed E-state index contributed by atoms with van der Waals surface area (Å²) in [6.07, 6.45) is 0. The predicted molar refractivity (Wildman–Crippen MR) is 68.7 cm³/mol. The molecular weight excluding hydrogens is 216 g/mol. The molecule has 0 radical (unpaired) electrons. The van der Waals surface area contributed by atoms with E-state index in [1.165, 1.54) is 12.1 Å². The molecule has 5 N–H and O–H groups in total. The highest BCUT2D eigenvalue weighted by molar-refractivity contribution is 5.87. The number of aromatic carboxylic acids is 1. The Hall–Kier alpha value is -2.49. The van der Waals surface area contributed by atoms with Crippen molar-refractivity contribution in [2.75, 3.05) is 11.5 Å². The van der Waals surface area contributed by atoms with E-state index in [0.29, 0.717) is 5.69 Å². The molecule has 0 atom stereocenters. The molecule has 0 unspecified atom stereocenters. The van der Waals surface area contributed by atoms with E-state index in [-0.39, 0.29) is 5.56 Å². The molecule has 0 aliphatic carbocycles. The van der Waals surface area contributed by atoms with Crippen molar-refractivity contribution in [1.82, 2.24) is 0 Å². The van der Waals surface area contributed by atoms with Gasteiger partial charge in [0, 0.05) is 11.4 Å². The van der Waals surface area contributed by atoms with Crippen LogP contribution in [-0.2, 0) is 0 Å². The van der Waals surface area contributed by atoms with Crippen molar-refractivity contribution in [3.8, 4) is 0 Å². The molecule has 0 bridgehead atoms. The zero-order valence-electron chi connectivity index (χ0n) is 9.21. The highest BCUT2D eigenvalue weighted by Gasteiger charge is 1.98. The van der Waals surface area contributed by atoms with E-state index in [1.54, 1.807) is 12.1 Å². The largest absolute Gasteiger partial charge is 0.478 e. The van der Waals surface area contributed by atoms with E-state index in [4.69, 9.17) is 16.6 Å². The van der Waals surface area contributed by atoms with Crippen LogP contribution < -0.4 is 11.5 Å².